The van der Waals surface area contributed by atoms with E-state index in [0.717, 1.165) is 22.3 Å². The lowest BCUT2D eigenvalue weighted by molar-refractivity contribution is 1.62. The SMILES string of the molecule is [C-]#[N+]c1ccc(-c2ccc3c4c(ccc(-c5ccc(C=C)cc5)c24)-c2c-3c(-c3ccccc3)c3ccccc3c2-c2ccccc2)cc1. The molecule has 0 fully saturated rings. The van der Waals surface area contributed by atoms with Crippen LogP contribution in [0.1, 0.15) is 5.56 Å². The maximum atomic E-state index is 7.53. The number of rotatable bonds is 5. The summed E-state index contributed by atoms with van der Waals surface area (Å²) in [7, 11) is 0. The molecule has 0 aromatic heterocycles. The third kappa shape index (κ3) is 4.17. The van der Waals surface area contributed by atoms with Gasteiger partial charge in [0.15, 0.2) is 5.69 Å². The van der Waals surface area contributed by atoms with E-state index in [1.165, 1.54) is 71.6 Å². The third-order valence-corrected chi connectivity index (χ3v) is 9.80. The van der Waals surface area contributed by atoms with Gasteiger partial charge in [0, 0.05) is 0 Å². The zero-order valence-electron chi connectivity index (χ0n) is 26.2. The van der Waals surface area contributed by atoms with Gasteiger partial charge in [0.1, 0.15) is 0 Å². The molecule has 8 aromatic rings. The highest BCUT2D eigenvalue weighted by Gasteiger charge is 2.32. The highest BCUT2D eigenvalue weighted by molar-refractivity contribution is 6.30. The summed E-state index contributed by atoms with van der Waals surface area (Å²) < 4.78 is 0. The molecule has 48 heavy (non-hydrogen) atoms. The maximum Gasteiger partial charge on any atom is 0.187 e. The summed E-state index contributed by atoms with van der Waals surface area (Å²) in [6, 6.07) is 56.6. The molecule has 0 unspecified atom stereocenters. The highest BCUT2D eigenvalue weighted by atomic mass is 14.6. The Labute approximate surface area is 280 Å². The van der Waals surface area contributed by atoms with Crippen LogP contribution in [0.2, 0.25) is 0 Å². The van der Waals surface area contributed by atoms with Gasteiger partial charge in [-0.25, -0.2) is 4.85 Å². The van der Waals surface area contributed by atoms with Crippen LogP contribution in [0, 0.1) is 6.57 Å². The zero-order valence-corrected chi connectivity index (χ0v) is 26.2. The van der Waals surface area contributed by atoms with Gasteiger partial charge < -0.3 is 0 Å². The lowest BCUT2D eigenvalue weighted by atomic mass is 9.82. The topological polar surface area (TPSA) is 4.36 Å². The van der Waals surface area contributed by atoms with E-state index in [4.69, 9.17) is 6.57 Å². The summed E-state index contributed by atoms with van der Waals surface area (Å²) in [6.07, 6.45) is 1.89. The standard InChI is InChI=1S/C47H29N/c1-3-30-18-20-31(21-19-30)36-26-28-40-45-41(29-27-37(44(36)45)32-22-24-35(48-2)25-23-32)47-43(34-14-8-5-9-15-34)39-17-11-10-16-38(39)42(46(40)47)33-12-6-4-7-13-33/h3-29H,1H2. The van der Waals surface area contributed by atoms with Gasteiger partial charge in [-0.1, -0.05) is 170 Å². The Hall–Kier alpha value is -6.49. The first-order valence-electron chi connectivity index (χ1n) is 16.3. The minimum Gasteiger partial charge on any atom is -0.238 e. The van der Waals surface area contributed by atoms with Crippen LogP contribution >= 0.6 is 0 Å². The highest BCUT2D eigenvalue weighted by Crippen LogP contribution is 2.59. The fourth-order valence-electron chi connectivity index (χ4n) is 7.69. The maximum absolute atomic E-state index is 7.53. The summed E-state index contributed by atoms with van der Waals surface area (Å²) in [5, 5.41) is 5.00. The molecule has 0 N–H and O–H groups in total. The first-order valence-corrected chi connectivity index (χ1v) is 16.3. The fraction of sp³-hybridized carbons (Fsp3) is 0. The van der Waals surface area contributed by atoms with Gasteiger partial charge in [0.2, 0.25) is 0 Å². The molecule has 0 saturated carbocycles. The number of hydrogen-bond acceptors (Lipinski definition) is 0. The molecule has 0 bridgehead atoms. The van der Waals surface area contributed by atoms with Crippen LogP contribution in [-0.4, -0.2) is 0 Å². The lowest BCUT2D eigenvalue weighted by Gasteiger charge is -2.20. The molecule has 9 rings (SSSR count). The second-order valence-corrected chi connectivity index (χ2v) is 12.3. The first kappa shape index (κ1) is 27.8. The largest absolute Gasteiger partial charge is 0.238 e. The second kappa shape index (κ2) is 11.1. The van der Waals surface area contributed by atoms with Crippen molar-refractivity contribution in [2.45, 2.75) is 0 Å². The molecule has 0 saturated heterocycles. The van der Waals surface area contributed by atoms with Crippen LogP contribution in [-0.2, 0) is 0 Å². The van der Waals surface area contributed by atoms with Crippen molar-refractivity contribution < 1.29 is 0 Å². The van der Waals surface area contributed by atoms with Crippen molar-refractivity contribution in [3.05, 3.63) is 181 Å². The van der Waals surface area contributed by atoms with E-state index in [0.29, 0.717) is 5.69 Å². The molecule has 1 aliphatic carbocycles. The third-order valence-electron chi connectivity index (χ3n) is 9.80. The fourth-order valence-corrected chi connectivity index (χ4v) is 7.69. The lowest BCUT2D eigenvalue weighted by Crippen LogP contribution is -1.93. The molecular formula is C47H29N. The van der Waals surface area contributed by atoms with E-state index in [2.05, 4.69) is 157 Å². The van der Waals surface area contributed by atoms with Crippen LogP contribution in [0.25, 0.3) is 99.2 Å². The number of hydrogen-bond donors (Lipinski definition) is 0. The van der Waals surface area contributed by atoms with Crippen molar-refractivity contribution in [2.24, 2.45) is 0 Å². The van der Waals surface area contributed by atoms with Gasteiger partial charge >= 0.3 is 0 Å². The van der Waals surface area contributed by atoms with Gasteiger partial charge in [0.25, 0.3) is 0 Å². The van der Waals surface area contributed by atoms with Crippen molar-refractivity contribution in [1.82, 2.24) is 0 Å². The van der Waals surface area contributed by atoms with Crippen molar-refractivity contribution >= 4 is 33.3 Å². The number of benzene rings is 8. The predicted octanol–water partition coefficient (Wildman–Crippen LogP) is 13.5. The Morgan fingerprint density at radius 3 is 1.27 bits per heavy atom. The van der Waals surface area contributed by atoms with Crippen LogP contribution in [0.15, 0.2) is 164 Å². The van der Waals surface area contributed by atoms with Crippen molar-refractivity contribution in [2.75, 3.05) is 0 Å². The smallest absolute Gasteiger partial charge is 0.187 e. The Kier molecular flexibility index (Phi) is 6.42. The van der Waals surface area contributed by atoms with Gasteiger partial charge in [0.05, 0.1) is 6.57 Å². The minimum atomic E-state index is 0.643. The molecule has 0 aliphatic heterocycles. The van der Waals surface area contributed by atoms with Crippen LogP contribution in [0.4, 0.5) is 5.69 Å². The Morgan fingerprint density at radius 1 is 0.396 bits per heavy atom. The van der Waals surface area contributed by atoms with E-state index < -0.39 is 0 Å². The number of nitrogens with zero attached hydrogens (tertiary/aromatic N) is 1. The van der Waals surface area contributed by atoms with E-state index >= 15 is 0 Å². The molecule has 8 aromatic carbocycles. The summed E-state index contributed by atoms with van der Waals surface area (Å²) in [6.45, 7) is 11.5. The minimum absolute atomic E-state index is 0.643. The quantitative estimate of drug-likeness (QED) is 0.171. The molecule has 222 valence electrons. The molecule has 1 heteroatoms. The van der Waals surface area contributed by atoms with E-state index in [-0.39, 0.29) is 0 Å². The Morgan fingerprint density at radius 2 is 0.812 bits per heavy atom. The summed E-state index contributed by atoms with van der Waals surface area (Å²) in [4.78, 5) is 3.66. The van der Waals surface area contributed by atoms with Crippen LogP contribution in [0.5, 0.6) is 0 Å². The second-order valence-electron chi connectivity index (χ2n) is 12.3. The molecule has 1 nitrogen and oxygen atoms in total. The number of fused-ring (bicyclic) bond motifs is 4. The predicted molar refractivity (Wildman–Crippen MR) is 204 cm³/mol. The average Bonchev–Trinajstić information content (AvgIpc) is 3.49. The van der Waals surface area contributed by atoms with Crippen LogP contribution in [0.3, 0.4) is 0 Å². The monoisotopic (exact) mass is 607 g/mol. The van der Waals surface area contributed by atoms with Crippen molar-refractivity contribution in [3.63, 3.8) is 0 Å². The molecule has 0 heterocycles. The van der Waals surface area contributed by atoms with E-state index in [1.807, 2.05) is 18.2 Å². The van der Waals surface area contributed by atoms with Crippen molar-refractivity contribution in [3.8, 4) is 66.8 Å². The molecule has 0 amide bonds. The van der Waals surface area contributed by atoms with Gasteiger partial charge in [-0.15, -0.1) is 0 Å². The van der Waals surface area contributed by atoms with Gasteiger partial charge in [-0.2, -0.15) is 0 Å². The summed E-state index contributed by atoms with van der Waals surface area (Å²) >= 11 is 0. The van der Waals surface area contributed by atoms with E-state index in [1.54, 1.807) is 0 Å². The Balaban J connectivity index is 1.47. The molecule has 0 spiro atoms. The van der Waals surface area contributed by atoms with E-state index in [9.17, 15) is 0 Å². The average molecular weight is 608 g/mol. The van der Waals surface area contributed by atoms with Gasteiger partial charge in [-0.05, 0) is 93.9 Å². The summed E-state index contributed by atoms with van der Waals surface area (Å²) in [5.41, 5.74) is 16.4. The molecule has 0 atom stereocenters. The van der Waals surface area contributed by atoms with Crippen molar-refractivity contribution in [1.29, 1.82) is 0 Å². The first-order chi connectivity index (χ1) is 23.7. The molecule has 1 aliphatic rings. The zero-order chi connectivity index (χ0) is 32.2. The summed E-state index contributed by atoms with van der Waals surface area (Å²) in [5.74, 6) is 0. The van der Waals surface area contributed by atoms with Crippen LogP contribution < -0.4 is 0 Å². The Bertz CT molecular complexity index is 2490. The normalized spacial score (nSPS) is 11.4. The van der Waals surface area contributed by atoms with Gasteiger partial charge in [-0.3, -0.25) is 0 Å². The molecule has 0 radical (unpaired) electrons. The molecular weight excluding hydrogens is 579 g/mol.